The number of H-pyrrole nitrogens is 1. The van der Waals surface area contributed by atoms with Crippen LogP contribution in [-0.4, -0.2) is 49.0 Å². The second kappa shape index (κ2) is 6.84. The van der Waals surface area contributed by atoms with Gasteiger partial charge in [-0.3, -0.25) is 4.79 Å². The Kier molecular flexibility index (Phi) is 4.39. The summed E-state index contributed by atoms with van der Waals surface area (Å²) in [6.45, 7) is 4.41. The van der Waals surface area contributed by atoms with E-state index >= 15 is 0 Å². The van der Waals surface area contributed by atoms with Crippen LogP contribution in [0.15, 0.2) is 48.5 Å². The number of likely N-dealkylation sites (N-methyl/N-ethyl adjacent to an activating group) is 1. The molecule has 1 aromatic heterocycles. The first-order valence-electron chi connectivity index (χ1n) is 9.07. The third-order valence-corrected chi connectivity index (χ3v) is 5.19. The number of nitrogens with zero attached hydrogens (tertiary/aromatic N) is 2. The lowest BCUT2D eigenvalue weighted by Crippen LogP contribution is -2.28. The van der Waals surface area contributed by atoms with Gasteiger partial charge in [0.2, 0.25) is 5.91 Å². The standard InChI is InChI=1S/C21H24N4O/c1-24-10-3-11-25(13-12-24)16-8-6-15(7-9-16)20-14-18-17(21(22)26)4-2-5-19(18)23-20/h2,4-9,14,23H,3,10-13H2,1H3,(H2,22,26). The minimum Gasteiger partial charge on any atom is -0.370 e. The third kappa shape index (κ3) is 3.18. The number of carbonyl (C=O) groups excluding carboxylic acids is 1. The molecule has 134 valence electrons. The second-order valence-electron chi connectivity index (χ2n) is 7.00. The number of primary amides is 1. The van der Waals surface area contributed by atoms with Gasteiger partial charge in [-0.1, -0.05) is 18.2 Å². The summed E-state index contributed by atoms with van der Waals surface area (Å²) >= 11 is 0. The quantitative estimate of drug-likeness (QED) is 0.764. The van der Waals surface area contributed by atoms with Gasteiger partial charge in [0.05, 0.1) is 0 Å². The number of aromatic amines is 1. The molecule has 5 nitrogen and oxygen atoms in total. The van der Waals surface area contributed by atoms with E-state index in [9.17, 15) is 4.79 Å². The summed E-state index contributed by atoms with van der Waals surface area (Å²) in [4.78, 5) is 19.9. The highest BCUT2D eigenvalue weighted by molar-refractivity contribution is 6.06. The number of carbonyl (C=O) groups is 1. The predicted molar refractivity (Wildman–Crippen MR) is 107 cm³/mol. The van der Waals surface area contributed by atoms with E-state index in [-0.39, 0.29) is 0 Å². The van der Waals surface area contributed by atoms with Crippen LogP contribution < -0.4 is 10.6 Å². The molecule has 3 aromatic rings. The molecule has 2 aromatic carbocycles. The number of anilines is 1. The van der Waals surface area contributed by atoms with Crippen molar-refractivity contribution in [3.05, 3.63) is 54.1 Å². The fraction of sp³-hybridized carbons (Fsp3) is 0.286. The van der Waals surface area contributed by atoms with Crippen molar-refractivity contribution < 1.29 is 4.79 Å². The van der Waals surface area contributed by atoms with Crippen molar-refractivity contribution in [1.29, 1.82) is 0 Å². The zero-order chi connectivity index (χ0) is 18.1. The van der Waals surface area contributed by atoms with E-state index in [4.69, 9.17) is 5.73 Å². The summed E-state index contributed by atoms with van der Waals surface area (Å²) in [5.74, 6) is -0.400. The Labute approximate surface area is 153 Å². The van der Waals surface area contributed by atoms with Gasteiger partial charge in [-0.25, -0.2) is 0 Å². The molecule has 0 bridgehead atoms. The average Bonchev–Trinajstić information content (AvgIpc) is 2.97. The maximum atomic E-state index is 11.6. The number of hydrogen-bond donors (Lipinski definition) is 2. The summed E-state index contributed by atoms with van der Waals surface area (Å²) < 4.78 is 0. The minimum atomic E-state index is -0.400. The maximum Gasteiger partial charge on any atom is 0.249 e. The molecule has 5 heteroatoms. The van der Waals surface area contributed by atoms with Crippen molar-refractivity contribution in [2.24, 2.45) is 5.73 Å². The Morgan fingerprint density at radius 2 is 1.85 bits per heavy atom. The number of aromatic nitrogens is 1. The monoisotopic (exact) mass is 348 g/mol. The molecule has 1 fully saturated rings. The van der Waals surface area contributed by atoms with E-state index in [0.29, 0.717) is 5.56 Å². The Bertz CT molecular complexity index is 929. The molecule has 0 aliphatic carbocycles. The lowest BCUT2D eigenvalue weighted by Gasteiger charge is -2.23. The maximum absolute atomic E-state index is 11.6. The molecule has 3 N–H and O–H groups in total. The molecule has 1 aliphatic rings. The molecular weight excluding hydrogens is 324 g/mol. The lowest BCUT2D eigenvalue weighted by molar-refractivity contribution is 0.100. The summed E-state index contributed by atoms with van der Waals surface area (Å²) in [5.41, 5.74) is 10.3. The van der Waals surface area contributed by atoms with E-state index in [1.54, 1.807) is 6.07 Å². The van der Waals surface area contributed by atoms with Gasteiger partial charge in [0, 0.05) is 47.5 Å². The molecule has 2 heterocycles. The van der Waals surface area contributed by atoms with Crippen molar-refractivity contribution in [2.45, 2.75) is 6.42 Å². The van der Waals surface area contributed by atoms with Gasteiger partial charge in [-0.15, -0.1) is 0 Å². The molecule has 26 heavy (non-hydrogen) atoms. The van der Waals surface area contributed by atoms with E-state index < -0.39 is 5.91 Å². The fourth-order valence-corrected chi connectivity index (χ4v) is 3.68. The van der Waals surface area contributed by atoms with Crippen LogP contribution in [0.25, 0.3) is 22.2 Å². The molecule has 0 saturated carbocycles. The van der Waals surface area contributed by atoms with Gasteiger partial charge in [0.25, 0.3) is 0 Å². The van der Waals surface area contributed by atoms with Crippen LogP contribution in [-0.2, 0) is 0 Å². The molecule has 1 aliphatic heterocycles. The first-order chi connectivity index (χ1) is 12.6. The van der Waals surface area contributed by atoms with Crippen LogP contribution in [0.1, 0.15) is 16.8 Å². The zero-order valence-corrected chi connectivity index (χ0v) is 15.0. The predicted octanol–water partition coefficient (Wildman–Crippen LogP) is 3.08. The first-order valence-corrected chi connectivity index (χ1v) is 9.07. The van der Waals surface area contributed by atoms with Crippen molar-refractivity contribution in [3.8, 4) is 11.3 Å². The van der Waals surface area contributed by atoms with E-state index in [1.165, 1.54) is 12.1 Å². The van der Waals surface area contributed by atoms with Gasteiger partial charge in [0.15, 0.2) is 0 Å². The third-order valence-electron chi connectivity index (χ3n) is 5.19. The SMILES string of the molecule is CN1CCCN(c2ccc(-c3cc4c(C(N)=O)cccc4[nH]3)cc2)CC1. The normalized spacial score (nSPS) is 16.0. The van der Waals surface area contributed by atoms with E-state index in [2.05, 4.69) is 46.1 Å². The largest absolute Gasteiger partial charge is 0.370 e. The van der Waals surface area contributed by atoms with Gasteiger partial charge in [-0.05, 0) is 55.9 Å². The van der Waals surface area contributed by atoms with Gasteiger partial charge >= 0.3 is 0 Å². The number of fused-ring (bicyclic) bond motifs is 1. The summed E-state index contributed by atoms with van der Waals surface area (Å²) in [6, 6.07) is 16.2. The van der Waals surface area contributed by atoms with Crippen molar-refractivity contribution >= 4 is 22.5 Å². The Morgan fingerprint density at radius 1 is 1.04 bits per heavy atom. The number of rotatable bonds is 3. The number of amides is 1. The molecule has 1 saturated heterocycles. The highest BCUT2D eigenvalue weighted by Gasteiger charge is 2.14. The van der Waals surface area contributed by atoms with E-state index in [0.717, 1.165) is 48.3 Å². The molecule has 0 atom stereocenters. The second-order valence-corrected chi connectivity index (χ2v) is 7.00. The highest BCUT2D eigenvalue weighted by Crippen LogP contribution is 2.28. The number of hydrogen-bond acceptors (Lipinski definition) is 3. The Hall–Kier alpha value is -2.79. The van der Waals surface area contributed by atoms with Crippen molar-refractivity contribution in [3.63, 3.8) is 0 Å². The number of nitrogens with two attached hydrogens (primary N) is 1. The van der Waals surface area contributed by atoms with Crippen LogP contribution in [0, 0.1) is 0 Å². The molecule has 0 unspecified atom stereocenters. The molecule has 4 rings (SSSR count). The molecule has 0 spiro atoms. The lowest BCUT2D eigenvalue weighted by atomic mass is 10.1. The van der Waals surface area contributed by atoms with Crippen molar-refractivity contribution in [1.82, 2.24) is 9.88 Å². The fourth-order valence-electron chi connectivity index (χ4n) is 3.68. The Morgan fingerprint density at radius 3 is 2.62 bits per heavy atom. The summed E-state index contributed by atoms with van der Waals surface area (Å²) in [6.07, 6.45) is 1.19. The first kappa shape index (κ1) is 16.7. The van der Waals surface area contributed by atoms with Crippen LogP contribution in [0.4, 0.5) is 5.69 Å². The van der Waals surface area contributed by atoms with Crippen molar-refractivity contribution in [2.75, 3.05) is 38.1 Å². The molecule has 1 amide bonds. The number of nitrogens with one attached hydrogen (secondary N) is 1. The minimum absolute atomic E-state index is 0.400. The zero-order valence-electron chi connectivity index (χ0n) is 15.0. The van der Waals surface area contributed by atoms with E-state index in [1.807, 2.05) is 18.2 Å². The Balaban J connectivity index is 1.62. The van der Waals surface area contributed by atoms with Gasteiger partial charge < -0.3 is 20.5 Å². The number of benzene rings is 2. The van der Waals surface area contributed by atoms with Gasteiger partial charge in [-0.2, -0.15) is 0 Å². The van der Waals surface area contributed by atoms with Crippen LogP contribution >= 0.6 is 0 Å². The molecule has 0 radical (unpaired) electrons. The topological polar surface area (TPSA) is 65.4 Å². The summed E-state index contributed by atoms with van der Waals surface area (Å²) in [5, 5.41) is 0.870. The van der Waals surface area contributed by atoms with Crippen LogP contribution in [0.3, 0.4) is 0 Å². The average molecular weight is 348 g/mol. The highest BCUT2D eigenvalue weighted by atomic mass is 16.1. The molecular formula is C21H24N4O. The summed E-state index contributed by atoms with van der Waals surface area (Å²) in [7, 11) is 2.18. The smallest absolute Gasteiger partial charge is 0.249 e. The van der Waals surface area contributed by atoms with Crippen LogP contribution in [0.2, 0.25) is 0 Å². The van der Waals surface area contributed by atoms with Gasteiger partial charge in [0.1, 0.15) is 0 Å². The van der Waals surface area contributed by atoms with Crippen LogP contribution in [0.5, 0.6) is 0 Å².